The van der Waals surface area contributed by atoms with Gasteiger partial charge in [-0.1, -0.05) is 6.92 Å². The van der Waals surface area contributed by atoms with Gasteiger partial charge in [-0.2, -0.15) is 0 Å². The van der Waals surface area contributed by atoms with E-state index in [1.807, 2.05) is 4.90 Å². The summed E-state index contributed by atoms with van der Waals surface area (Å²) in [5, 5.41) is 2.29. The smallest absolute Gasteiger partial charge is 0.240 e. The van der Waals surface area contributed by atoms with Crippen LogP contribution in [0.4, 0.5) is 0 Å². The van der Waals surface area contributed by atoms with E-state index in [9.17, 15) is 9.59 Å². The normalized spacial score (nSPS) is 34.5. The molecule has 1 saturated carbocycles. The molecule has 0 radical (unpaired) electrons. The molecule has 0 aromatic carbocycles. The van der Waals surface area contributed by atoms with Crippen LogP contribution in [0.25, 0.3) is 0 Å². The molecule has 1 saturated heterocycles. The van der Waals surface area contributed by atoms with E-state index in [0.29, 0.717) is 19.0 Å². The van der Waals surface area contributed by atoms with Crippen molar-refractivity contribution in [3.63, 3.8) is 0 Å². The maximum atomic E-state index is 11.0. The van der Waals surface area contributed by atoms with Gasteiger partial charge in [-0.15, -0.1) is 0 Å². The highest BCUT2D eigenvalue weighted by Crippen LogP contribution is 2.38. The molecule has 1 aliphatic carbocycles. The Kier molecular flexibility index (Phi) is 2.07. The Morgan fingerprint density at radius 3 is 2.38 bits per heavy atom. The summed E-state index contributed by atoms with van der Waals surface area (Å²) >= 11 is 0. The zero-order chi connectivity index (χ0) is 9.42. The summed E-state index contributed by atoms with van der Waals surface area (Å²) in [5.41, 5.74) is 0. The summed E-state index contributed by atoms with van der Waals surface area (Å²) < 4.78 is 0. The Labute approximate surface area is 77.3 Å². The van der Waals surface area contributed by atoms with Crippen LogP contribution in [0, 0.1) is 11.8 Å². The molecule has 4 heteroatoms. The van der Waals surface area contributed by atoms with Crippen LogP contribution in [0.3, 0.4) is 0 Å². The number of rotatable bonds is 2. The lowest BCUT2D eigenvalue weighted by molar-refractivity contribution is -0.136. The highest BCUT2D eigenvalue weighted by Gasteiger charge is 2.35. The van der Waals surface area contributed by atoms with E-state index < -0.39 is 0 Å². The second kappa shape index (κ2) is 3.10. The number of hydrogen-bond acceptors (Lipinski definition) is 3. The fourth-order valence-electron chi connectivity index (χ4n) is 1.81. The van der Waals surface area contributed by atoms with Crippen molar-refractivity contribution in [1.29, 1.82) is 0 Å². The maximum absolute atomic E-state index is 11.0. The highest BCUT2D eigenvalue weighted by atomic mass is 16.2. The molecule has 72 valence electrons. The van der Waals surface area contributed by atoms with Gasteiger partial charge in [-0.25, -0.2) is 0 Å². The third-order valence-electron chi connectivity index (χ3n) is 2.78. The van der Waals surface area contributed by atoms with Crippen molar-refractivity contribution < 1.29 is 9.59 Å². The molecule has 1 N–H and O–H groups in total. The Morgan fingerprint density at radius 2 is 1.92 bits per heavy atom. The molecule has 2 amide bonds. The SMILES string of the molecule is CC1CC1CN1CC(=O)NC(=O)C1. The number of imide groups is 1. The van der Waals surface area contributed by atoms with Crippen LogP contribution < -0.4 is 5.32 Å². The largest absolute Gasteiger partial charge is 0.294 e. The van der Waals surface area contributed by atoms with Gasteiger partial charge in [0.2, 0.25) is 11.8 Å². The lowest BCUT2D eigenvalue weighted by atomic mass is 10.2. The van der Waals surface area contributed by atoms with E-state index in [4.69, 9.17) is 0 Å². The standard InChI is InChI=1S/C9H14N2O2/c1-6-2-7(6)3-11-4-8(12)10-9(13)5-11/h6-7H,2-5H2,1H3,(H,10,12,13). The molecule has 2 atom stereocenters. The molecule has 13 heavy (non-hydrogen) atoms. The monoisotopic (exact) mass is 182 g/mol. The average molecular weight is 182 g/mol. The summed E-state index contributed by atoms with van der Waals surface area (Å²) in [7, 11) is 0. The zero-order valence-corrected chi connectivity index (χ0v) is 7.75. The van der Waals surface area contributed by atoms with Crippen molar-refractivity contribution in [2.24, 2.45) is 11.8 Å². The molecular formula is C9H14N2O2. The van der Waals surface area contributed by atoms with E-state index in [1.54, 1.807) is 0 Å². The second-order valence-corrected chi connectivity index (χ2v) is 4.11. The third-order valence-corrected chi connectivity index (χ3v) is 2.78. The number of nitrogens with one attached hydrogen (secondary N) is 1. The van der Waals surface area contributed by atoms with Gasteiger partial charge in [0.15, 0.2) is 0 Å². The fourth-order valence-corrected chi connectivity index (χ4v) is 1.81. The molecule has 2 rings (SSSR count). The molecule has 0 aromatic rings. The van der Waals surface area contributed by atoms with Crippen molar-refractivity contribution in [2.75, 3.05) is 19.6 Å². The molecule has 1 aliphatic heterocycles. The fraction of sp³-hybridized carbons (Fsp3) is 0.778. The number of nitrogens with zero attached hydrogens (tertiary/aromatic N) is 1. The van der Waals surface area contributed by atoms with Crippen LogP contribution in [-0.2, 0) is 9.59 Å². The summed E-state index contributed by atoms with van der Waals surface area (Å²) in [6.45, 7) is 3.88. The van der Waals surface area contributed by atoms with Gasteiger partial charge in [0.25, 0.3) is 0 Å². The van der Waals surface area contributed by atoms with Crippen molar-refractivity contribution >= 4 is 11.8 Å². The first kappa shape index (κ1) is 8.69. The van der Waals surface area contributed by atoms with Gasteiger partial charge in [0.1, 0.15) is 0 Å². The molecule has 0 spiro atoms. The van der Waals surface area contributed by atoms with E-state index >= 15 is 0 Å². The van der Waals surface area contributed by atoms with E-state index in [-0.39, 0.29) is 11.8 Å². The number of hydrogen-bond donors (Lipinski definition) is 1. The predicted octanol–water partition coefficient (Wildman–Crippen LogP) is -0.399. The first-order chi connectivity index (χ1) is 6.15. The third kappa shape index (κ3) is 2.06. The number of amides is 2. The molecule has 0 bridgehead atoms. The molecule has 2 fully saturated rings. The summed E-state index contributed by atoms with van der Waals surface area (Å²) in [5.74, 6) is 1.16. The van der Waals surface area contributed by atoms with Crippen LogP contribution in [0.5, 0.6) is 0 Å². The van der Waals surface area contributed by atoms with Crippen LogP contribution in [-0.4, -0.2) is 36.3 Å². The summed E-state index contributed by atoms with van der Waals surface area (Å²) in [6, 6.07) is 0. The first-order valence-electron chi connectivity index (χ1n) is 4.70. The Bertz CT molecular complexity index is 236. The van der Waals surface area contributed by atoms with Gasteiger partial charge in [-0.3, -0.25) is 19.8 Å². The van der Waals surface area contributed by atoms with Gasteiger partial charge < -0.3 is 0 Å². The van der Waals surface area contributed by atoms with Crippen LogP contribution >= 0.6 is 0 Å². The van der Waals surface area contributed by atoms with Gasteiger partial charge in [-0.05, 0) is 18.3 Å². The van der Waals surface area contributed by atoms with E-state index in [0.717, 1.165) is 12.5 Å². The van der Waals surface area contributed by atoms with Gasteiger partial charge >= 0.3 is 0 Å². The zero-order valence-electron chi connectivity index (χ0n) is 7.75. The highest BCUT2D eigenvalue weighted by molar-refractivity contribution is 5.99. The summed E-state index contributed by atoms with van der Waals surface area (Å²) in [4.78, 5) is 23.9. The topological polar surface area (TPSA) is 49.4 Å². The minimum Gasteiger partial charge on any atom is -0.294 e. The van der Waals surface area contributed by atoms with Gasteiger partial charge in [0.05, 0.1) is 13.1 Å². The minimum absolute atomic E-state index is 0.162. The first-order valence-corrected chi connectivity index (χ1v) is 4.70. The second-order valence-electron chi connectivity index (χ2n) is 4.11. The van der Waals surface area contributed by atoms with Crippen molar-refractivity contribution in [3.8, 4) is 0 Å². The van der Waals surface area contributed by atoms with Crippen molar-refractivity contribution in [3.05, 3.63) is 0 Å². The number of carbonyl (C=O) groups excluding carboxylic acids is 2. The molecule has 4 nitrogen and oxygen atoms in total. The lowest BCUT2D eigenvalue weighted by Crippen LogP contribution is -2.51. The van der Waals surface area contributed by atoms with E-state index in [2.05, 4.69) is 12.2 Å². The quantitative estimate of drug-likeness (QED) is 0.591. The predicted molar refractivity (Wildman–Crippen MR) is 46.9 cm³/mol. The van der Waals surface area contributed by atoms with Crippen LogP contribution in [0.1, 0.15) is 13.3 Å². The lowest BCUT2D eigenvalue weighted by Gasteiger charge is -2.25. The van der Waals surface area contributed by atoms with Crippen molar-refractivity contribution in [1.82, 2.24) is 10.2 Å². The van der Waals surface area contributed by atoms with Crippen LogP contribution in [0.15, 0.2) is 0 Å². The summed E-state index contributed by atoms with van der Waals surface area (Å²) in [6.07, 6.45) is 1.24. The van der Waals surface area contributed by atoms with Gasteiger partial charge in [0, 0.05) is 6.54 Å². The minimum atomic E-state index is -0.162. The Balaban J connectivity index is 1.85. The molecule has 0 aromatic heterocycles. The number of carbonyl (C=O) groups is 2. The number of piperazine rings is 1. The molecular weight excluding hydrogens is 168 g/mol. The van der Waals surface area contributed by atoms with Crippen molar-refractivity contribution in [2.45, 2.75) is 13.3 Å². The Morgan fingerprint density at radius 1 is 1.38 bits per heavy atom. The Hall–Kier alpha value is -0.900. The molecule has 1 heterocycles. The average Bonchev–Trinajstić information content (AvgIpc) is 2.63. The van der Waals surface area contributed by atoms with E-state index in [1.165, 1.54) is 6.42 Å². The molecule has 2 aliphatic rings. The molecule has 2 unspecified atom stereocenters. The van der Waals surface area contributed by atoms with Crippen LogP contribution in [0.2, 0.25) is 0 Å². The maximum Gasteiger partial charge on any atom is 0.240 e.